The van der Waals surface area contributed by atoms with Gasteiger partial charge in [0.2, 0.25) is 11.8 Å². The highest BCUT2D eigenvalue weighted by molar-refractivity contribution is 6.30. The fourth-order valence-corrected chi connectivity index (χ4v) is 4.47. The van der Waals surface area contributed by atoms with E-state index in [1.165, 1.54) is 38.1 Å². The first kappa shape index (κ1) is 30.2. The van der Waals surface area contributed by atoms with Crippen LogP contribution in [0.25, 0.3) is 0 Å². The molecular weight excluding hydrogens is 552 g/mol. The Kier molecular flexibility index (Phi) is 10.2. The average Bonchev–Trinajstić information content (AvgIpc) is 2.89. The van der Waals surface area contributed by atoms with Gasteiger partial charge in [-0.2, -0.15) is 13.2 Å². The molecule has 5 nitrogen and oxygen atoms in total. The molecular formula is C29H27Cl2F3N2O3. The van der Waals surface area contributed by atoms with Gasteiger partial charge in [0.15, 0.2) is 0 Å². The van der Waals surface area contributed by atoms with E-state index in [1.54, 1.807) is 18.2 Å². The van der Waals surface area contributed by atoms with Crippen LogP contribution in [0.5, 0.6) is 0 Å². The third kappa shape index (κ3) is 8.31. The van der Waals surface area contributed by atoms with Crippen molar-refractivity contribution >= 4 is 40.8 Å². The number of ketones is 1. The number of carbonyl (C=O) groups excluding carboxylic acids is 3. The van der Waals surface area contributed by atoms with Gasteiger partial charge in [0, 0.05) is 22.4 Å². The maximum Gasteiger partial charge on any atom is 0.452 e. The monoisotopic (exact) mass is 578 g/mol. The van der Waals surface area contributed by atoms with E-state index < -0.39 is 47.7 Å². The normalized spacial score (nSPS) is 13.8. The van der Waals surface area contributed by atoms with Crippen LogP contribution in [0.3, 0.4) is 0 Å². The molecule has 10 heteroatoms. The van der Waals surface area contributed by atoms with Gasteiger partial charge in [-0.15, -0.1) is 0 Å². The van der Waals surface area contributed by atoms with Crippen LogP contribution < -0.4 is 10.6 Å². The second-order valence-electron chi connectivity index (χ2n) is 9.37. The van der Waals surface area contributed by atoms with Gasteiger partial charge in [0.1, 0.15) is 6.04 Å². The molecule has 0 radical (unpaired) electrons. The number of hydrogen-bond donors (Lipinski definition) is 2. The zero-order valence-electron chi connectivity index (χ0n) is 21.1. The first-order valence-corrected chi connectivity index (χ1v) is 12.9. The van der Waals surface area contributed by atoms with Crippen molar-refractivity contribution < 1.29 is 27.6 Å². The Morgan fingerprint density at radius 1 is 0.769 bits per heavy atom. The van der Waals surface area contributed by atoms with Crippen LogP contribution in [0.1, 0.15) is 48.9 Å². The summed E-state index contributed by atoms with van der Waals surface area (Å²) in [5, 5.41) is 5.68. The van der Waals surface area contributed by atoms with Crippen LogP contribution in [0.4, 0.5) is 13.2 Å². The zero-order valence-corrected chi connectivity index (χ0v) is 22.6. The maximum atomic E-state index is 13.4. The summed E-state index contributed by atoms with van der Waals surface area (Å²) in [5.41, 5.74) is 1.89. The fourth-order valence-electron chi connectivity index (χ4n) is 4.15. The molecule has 2 amide bonds. The lowest BCUT2D eigenvalue weighted by molar-refractivity contribution is -0.175. The third-order valence-electron chi connectivity index (χ3n) is 6.14. The quantitative estimate of drug-likeness (QED) is 0.283. The van der Waals surface area contributed by atoms with Crippen LogP contribution in [0.15, 0.2) is 78.9 Å². The number of nitrogens with one attached hydrogen (secondary N) is 2. The summed E-state index contributed by atoms with van der Waals surface area (Å²) in [5.74, 6) is -4.84. The number of carbonyl (C=O) groups is 3. The molecule has 0 aliphatic carbocycles. The predicted octanol–water partition coefficient (Wildman–Crippen LogP) is 6.65. The number of benzene rings is 3. The maximum absolute atomic E-state index is 13.4. The van der Waals surface area contributed by atoms with Crippen LogP contribution in [-0.2, 0) is 14.4 Å². The average molecular weight is 579 g/mol. The molecule has 2 unspecified atom stereocenters. The molecule has 0 heterocycles. The summed E-state index contributed by atoms with van der Waals surface area (Å²) in [6, 6.07) is 19.0. The Hall–Kier alpha value is -3.36. The molecule has 3 atom stereocenters. The number of hydrogen-bond acceptors (Lipinski definition) is 3. The Morgan fingerprint density at radius 2 is 1.38 bits per heavy atom. The standard InChI is InChI=1S/C29H27Cl2F3N2O3/c1-17(2)25(27(38)29(32,33)34)36-28(39)26(19-11-13-21(30)14-12-19)35-24(37)16-23(18-7-4-3-5-8-18)20-9-6-10-22(31)15-20/h3-15,17,23,25-26H,16H2,1-2H3,(H,35,37)(H,36,39)/t23?,25-,26?/m0/s1. The van der Waals surface area contributed by atoms with Gasteiger partial charge >= 0.3 is 6.18 Å². The van der Waals surface area contributed by atoms with Crippen LogP contribution in [0.2, 0.25) is 10.0 Å². The minimum atomic E-state index is -5.14. The molecule has 2 N–H and O–H groups in total. The summed E-state index contributed by atoms with van der Waals surface area (Å²) in [6.07, 6.45) is -5.22. The SMILES string of the molecule is CC(C)[C@H](NC(=O)C(NC(=O)CC(c1ccccc1)c1cccc(Cl)c1)c1ccc(Cl)cc1)C(=O)C(F)(F)F. The lowest BCUT2D eigenvalue weighted by Crippen LogP contribution is -2.52. The number of rotatable bonds is 10. The van der Waals surface area contributed by atoms with E-state index in [0.717, 1.165) is 11.1 Å². The van der Waals surface area contributed by atoms with Crippen molar-refractivity contribution in [3.8, 4) is 0 Å². The van der Waals surface area contributed by atoms with E-state index in [-0.39, 0.29) is 12.0 Å². The molecule has 3 aromatic rings. The number of amides is 2. The van der Waals surface area contributed by atoms with Crippen molar-refractivity contribution in [3.05, 3.63) is 106 Å². The van der Waals surface area contributed by atoms with Crippen molar-refractivity contribution in [3.63, 3.8) is 0 Å². The Labute approximate surface area is 234 Å². The van der Waals surface area contributed by atoms with Crippen molar-refractivity contribution in [1.29, 1.82) is 0 Å². The summed E-state index contributed by atoms with van der Waals surface area (Å²) in [7, 11) is 0. The van der Waals surface area contributed by atoms with E-state index in [0.29, 0.717) is 10.0 Å². The zero-order chi connectivity index (χ0) is 28.7. The van der Waals surface area contributed by atoms with Gasteiger partial charge in [0.05, 0.1) is 6.04 Å². The predicted molar refractivity (Wildman–Crippen MR) is 145 cm³/mol. The Morgan fingerprint density at radius 3 is 1.95 bits per heavy atom. The molecule has 3 rings (SSSR count). The van der Waals surface area contributed by atoms with E-state index in [9.17, 15) is 27.6 Å². The lowest BCUT2D eigenvalue weighted by Gasteiger charge is -2.26. The minimum Gasteiger partial charge on any atom is -0.344 e. The smallest absolute Gasteiger partial charge is 0.344 e. The number of Topliss-reactive ketones (excluding diaryl/α,β-unsaturated/α-hetero) is 1. The van der Waals surface area contributed by atoms with Crippen LogP contribution in [0, 0.1) is 5.92 Å². The largest absolute Gasteiger partial charge is 0.452 e. The molecule has 0 aliphatic heterocycles. The van der Waals surface area contributed by atoms with Gasteiger partial charge in [-0.1, -0.05) is 91.6 Å². The molecule has 0 fully saturated rings. The van der Waals surface area contributed by atoms with E-state index in [4.69, 9.17) is 23.2 Å². The molecule has 0 aromatic heterocycles. The summed E-state index contributed by atoms with van der Waals surface area (Å²) in [4.78, 5) is 38.6. The van der Waals surface area contributed by atoms with Gasteiger partial charge in [0.25, 0.3) is 5.78 Å². The fraction of sp³-hybridized carbons (Fsp3) is 0.276. The van der Waals surface area contributed by atoms with Crippen molar-refractivity contribution in [2.75, 3.05) is 0 Å². The highest BCUT2D eigenvalue weighted by atomic mass is 35.5. The van der Waals surface area contributed by atoms with E-state index in [1.807, 2.05) is 36.4 Å². The number of alkyl halides is 3. The Balaban J connectivity index is 1.91. The highest BCUT2D eigenvalue weighted by Gasteiger charge is 2.45. The van der Waals surface area contributed by atoms with Crippen LogP contribution in [-0.4, -0.2) is 29.8 Å². The second kappa shape index (κ2) is 13.1. The first-order valence-electron chi connectivity index (χ1n) is 12.1. The summed E-state index contributed by atoms with van der Waals surface area (Å²) < 4.78 is 39.6. The van der Waals surface area contributed by atoms with Gasteiger partial charge in [-0.3, -0.25) is 14.4 Å². The molecule has 39 heavy (non-hydrogen) atoms. The highest BCUT2D eigenvalue weighted by Crippen LogP contribution is 2.30. The molecule has 0 saturated heterocycles. The lowest BCUT2D eigenvalue weighted by atomic mass is 9.88. The Bertz CT molecular complexity index is 1300. The van der Waals surface area contributed by atoms with Crippen LogP contribution >= 0.6 is 23.2 Å². The summed E-state index contributed by atoms with van der Waals surface area (Å²) in [6.45, 7) is 2.78. The van der Waals surface area contributed by atoms with Gasteiger partial charge < -0.3 is 10.6 Å². The van der Waals surface area contributed by atoms with Crippen molar-refractivity contribution in [2.45, 2.75) is 44.4 Å². The van der Waals surface area contributed by atoms with Gasteiger partial charge in [-0.05, 0) is 46.9 Å². The van der Waals surface area contributed by atoms with Gasteiger partial charge in [-0.25, -0.2) is 0 Å². The first-order chi connectivity index (χ1) is 18.4. The molecule has 206 valence electrons. The van der Waals surface area contributed by atoms with Crippen molar-refractivity contribution in [2.24, 2.45) is 5.92 Å². The molecule has 0 spiro atoms. The third-order valence-corrected chi connectivity index (χ3v) is 6.63. The molecule has 0 aliphatic rings. The molecule has 0 bridgehead atoms. The summed E-state index contributed by atoms with van der Waals surface area (Å²) >= 11 is 12.2. The minimum absolute atomic E-state index is 0.0865. The molecule has 3 aromatic carbocycles. The van der Waals surface area contributed by atoms with E-state index >= 15 is 0 Å². The second-order valence-corrected chi connectivity index (χ2v) is 10.2. The van der Waals surface area contributed by atoms with Crippen molar-refractivity contribution in [1.82, 2.24) is 10.6 Å². The topological polar surface area (TPSA) is 75.3 Å². The molecule has 0 saturated carbocycles. The number of halogens is 5. The van der Waals surface area contributed by atoms with E-state index in [2.05, 4.69) is 10.6 Å².